The summed E-state index contributed by atoms with van der Waals surface area (Å²) in [5.41, 5.74) is 18.4. The van der Waals surface area contributed by atoms with Crippen molar-refractivity contribution in [2.75, 3.05) is 26.2 Å². The van der Waals surface area contributed by atoms with Gasteiger partial charge in [0.15, 0.2) is 23.9 Å². The van der Waals surface area contributed by atoms with Gasteiger partial charge < -0.3 is 26.8 Å². The highest BCUT2D eigenvalue weighted by molar-refractivity contribution is 7.88. The molecular weight excluding hydrogens is 698 g/mol. The number of guanidine groups is 3. The highest BCUT2D eigenvalue weighted by atomic mass is 32.2. The SMILES string of the molecule is CC(=O)CN.CC(=O)CN=C(N)NC(N)=NCCc1ccccc1.C[Si](C)(C)OS(=O)(=O)C(F)(F)F.N#CNC(N)=NCCc1ccccc1. The molecule has 20 heteroatoms. The van der Waals surface area contributed by atoms with Crippen LogP contribution < -0.4 is 33.6 Å². The predicted octanol–water partition coefficient (Wildman–Crippen LogP) is 1.87. The topological polar surface area (TPSA) is 267 Å². The molecule has 0 aliphatic rings. The molecule has 2 aromatic carbocycles. The van der Waals surface area contributed by atoms with Gasteiger partial charge in [0.1, 0.15) is 12.3 Å². The molecule has 2 aromatic rings. The molecule has 0 bridgehead atoms. The van der Waals surface area contributed by atoms with Gasteiger partial charge in [-0.05, 0) is 57.5 Å². The van der Waals surface area contributed by atoms with Gasteiger partial charge >= 0.3 is 15.6 Å². The number of halogens is 3. The van der Waals surface area contributed by atoms with E-state index < -0.39 is 23.9 Å². The minimum atomic E-state index is -5.39. The summed E-state index contributed by atoms with van der Waals surface area (Å²) in [6, 6.07) is 20.0. The number of Topliss-reactive ketones (excluding diaryl/α,β-unsaturated/α-hetero) is 2. The third-order valence-corrected chi connectivity index (χ3v) is 8.34. The smallest absolute Gasteiger partial charge is 0.370 e. The maximum atomic E-state index is 11.7. The van der Waals surface area contributed by atoms with Crippen LogP contribution >= 0.6 is 0 Å². The molecule has 0 unspecified atom stereocenters. The number of carbonyl (C=O) groups excluding carboxylic acids is 2. The number of nitriles is 1. The minimum Gasteiger partial charge on any atom is -0.370 e. The number of benzene rings is 2. The van der Waals surface area contributed by atoms with Crippen molar-refractivity contribution in [2.24, 2.45) is 37.9 Å². The molecular formula is C30H47F3N10O5SSi. The second-order valence-corrected chi connectivity index (χ2v) is 17.0. The second kappa shape index (κ2) is 25.2. The van der Waals surface area contributed by atoms with Crippen molar-refractivity contribution < 1.29 is 35.1 Å². The molecule has 0 aliphatic carbocycles. The van der Waals surface area contributed by atoms with Crippen LogP contribution in [0, 0.1) is 11.5 Å². The summed E-state index contributed by atoms with van der Waals surface area (Å²) in [4.78, 5) is 32.3. The summed E-state index contributed by atoms with van der Waals surface area (Å²) in [7, 11) is -8.10. The Morgan fingerprint density at radius 3 is 1.54 bits per heavy atom. The Hall–Kier alpha value is -4.84. The zero-order valence-electron chi connectivity index (χ0n) is 28.7. The quantitative estimate of drug-likeness (QED) is 0.0481. The molecule has 50 heavy (non-hydrogen) atoms. The molecule has 0 saturated carbocycles. The third kappa shape index (κ3) is 28.2. The van der Waals surface area contributed by atoms with Crippen molar-refractivity contribution in [1.29, 1.82) is 5.26 Å². The first-order chi connectivity index (χ1) is 23.1. The Balaban J connectivity index is 0. The number of nitrogens with two attached hydrogens (primary N) is 4. The van der Waals surface area contributed by atoms with Gasteiger partial charge in [0.25, 0.3) is 0 Å². The summed E-state index contributed by atoms with van der Waals surface area (Å²) in [5.74, 6) is 0.426. The molecule has 0 heterocycles. The van der Waals surface area contributed by atoms with E-state index in [4.69, 9.17) is 28.2 Å². The maximum absolute atomic E-state index is 11.7. The highest BCUT2D eigenvalue weighted by Crippen LogP contribution is 2.27. The monoisotopic (exact) mass is 744 g/mol. The van der Waals surface area contributed by atoms with Crippen LogP contribution in [0.2, 0.25) is 19.6 Å². The zero-order chi connectivity index (χ0) is 38.8. The van der Waals surface area contributed by atoms with Gasteiger partial charge in [0.2, 0.25) is 14.3 Å². The van der Waals surface area contributed by atoms with Crippen molar-refractivity contribution in [3.05, 3.63) is 71.8 Å². The van der Waals surface area contributed by atoms with Gasteiger partial charge in [-0.2, -0.15) is 26.9 Å². The van der Waals surface area contributed by atoms with Crippen LogP contribution in [0.5, 0.6) is 0 Å². The molecule has 0 amide bonds. The van der Waals surface area contributed by atoms with Crippen molar-refractivity contribution in [1.82, 2.24) is 10.6 Å². The van der Waals surface area contributed by atoms with Gasteiger partial charge in [-0.15, -0.1) is 0 Å². The standard InChI is InChI=1S/C13H19N5O.C10H12N4.C4H9F3O3SSi.C3H7NO/c1-10(19)9-17-13(15)18-12(14)16-8-7-11-5-3-2-4-6-11;11-8-14-10(12)13-7-6-9-4-2-1-3-5-9;1-12(2,3)10-11(8,9)4(5,6)7;1-3(5)2-4/h2-6H,7-9H2,1H3,(H5,14,15,16,17,18);1-5H,6-7H2,(H3,12,13,14);1-3H3;2,4H2,1H3. The van der Waals surface area contributed by atoms with Crippen molar-refractivity contribution in [3.63, 3.8) is 0 Å². The minimum absolute atomic E-state index is 0.0324. The molecule has 0 saturated heterocycles. The predicted molar refractivity (Wildman–Crippen MR) is 191 cm³/mol. The first-order valence-corrected chi connectivity index (χ1v) is 19.6. The van der Waals surface area contributed by atoms with Crippen LogP contribution in [0.25, 0.3) is 0 Å². The average Bonchev–Trinajstić information content (AvgIpc) is 3.00. The maximum Gasteiger partial charge on any atom is 0.522 e. The lowest BCUT2D eigenvalue weighted by molar-refractivity contribution is -0.116. The van der Waals surface area contributed by atoms with Crippen molar-refractivity contribution in [3.8, 4) is 6.19 Å². The largest absolute Gasteiger partial charge is 0.522 e. The van der Waals surface area contributed by atoms with E-state index in [1.807, 2.05) is 60.7 Å². The Morgan fingerprint density at radius 2 is 1.22 bits per heavy atom. The van der Waals surface area contributed by atoms with Crippen LogP contribution in [0.3, 0.4) is 0 Å². The van der Waals surface area contributed by atoms with Crippen LogP contribution in [-0.2, 0) is 36.4 Å². The Bertz CT molecular complexity index is 1530. The molecule has 0 spiro atoms. The van der Waals surface area contributed by atoms with Gasteiger partial charge in [-0.1, -0.05) is 60.7 Å². The van der Waals surface area contributed by atoms with Crippen molar-refractivity contribution in [2.45, 2.75) is 51.8 Å². The molecule has 0 radical (unpaired) electrons. The Labute approximate surface area is 292 Å². The van der Waals surface area contributed by atoms with Gasteiger partial charge in [-0.3, -0.25) is 30.2 Å². The van der Waals surface area contributed by atoms with Crippen LogP contribution in [0.15, 0.2) is 75.6 Å². The van der Waals surface area contributed by atoms with Gasteiger partial charge in [0.05, 0.1) is 6.54 Å². The van der Waals surface area contributed by atoms with Crippen LogP contribution in [0.4, 0.5) is 13.2 Å². The van der Waals surface area contributed by atoms with Crippen LogP contribution in [-0.4, -0.2) is 77.9 Å². The number of ketones is 2. The number of aliphatic imine (C=N–C) groups is 3. The fourth-order valence-corrected chi connectivity index (χ4v) is 5.79. The molecule has 10 N–H and O–H groups in total. The zero-order valence-corrected chi connectivity index (χ0v) is 30.5. The molecule has 0 fully saturated rings. The van der Waals surface area contributed by atoms with Gasteiger partial charge in [0, 0.05) is 13.1 Å². The Kier molecular flexibility index (Phi) is 23.8. The van der Waals surface area contributed by atoms with E-state index in [0.29, 0.717) is 13.1 Å². The molecule has 0 atom stereocenters. The number of hydrogen-bond donors (Lipinski definition) is 6. The number of carbonyl (C=O) groups is 2. The Morgan fingerprint density at radius 1 is 0.820 bits per heavy atom. The number of alkyl halides is 3. The molecule has 278 valence electrons. The van der Waals surface area contributed by atoms with E-state index in [1.54, 1.807) is 6.19 Å². The normalized spacial score (nSPS) is 12.0. The first-order valence-electron chi connectivity index (χ1n) is 14.7. The number of nitrogens with one attached hydrogen (secondary N) is 2. The molecule has 0 aliphatic heterocycles. The van der Waals surface area contributed by atoms with Crippen LogP contribution in [0.1, 0.15) is 25.0 Å². The fourth-order valence-electron chi connectivity index (χ4n) is 2.78. The molecule has 2 rings (SSSR count). The summed E-state index contributed by atoms with van der Waals surface area (Å²) >= 11 is 0. The number of rotatable bonds is 11. The van der Waals surface area contributed by atoms with E-state index in [0.717, 1.165) is 12.8 Å². The average molecular weight is 745 g/mol. The summed E-state index contributed by atoms with van der Waals surface area (Å²) < 4.78 is 59.7. The van der Waals surface area contributed by atoms with Gasteiger partial charge in [-0.25, -0.2) is 4.99 Å². The first kappa shape index (κ1) is 47.3. The molecule has 0 aromatic heterocycles. The van der Waals surface area contributed by atoms with E-state index in [-0.39, 0.29) is 42.5 Å². The second-order valence-electron chi connectivity index (χ2n) is 10.8. The van der Waals surface area contributed by atoms with Crippen molar-refractivity contribution >= 4 is 47.9 Å². The molecule has 15 nitrogen and oxygen atoms in total. The number of nitrogens with zero attached hydrogens (tertiary/aromatic N) is 4. The van der Waals surface area contributed by atoms with E-state index in [1.165, 1.54) is 44.6 Å². The summed E-state index contributed by atoms with van der Waals surface area (Å²) in [6.45, 7) is 8.32. The fraction of sp³-hybridized carbons (Fsp3) is 0.400. The lowest BCUT2D eigenvalue weighted by atomic mass is 10.2. The highest BCUT2D eigenvalue weighted by Gasteiger charge is 2.49. The van der Waals surface area contributed by atoms with E-state index >= 15 is 0 Å². The lowest BCUT2D eigenvalue weighted by Crippen LogP contribution is -2.42. The van der Waals surface area contributed by atoms with E-state index in [2.05, 4.69) is 29.5 Å². The lowest BCUT2D eigenvalue weighted by Gasteiger charge is -2.17. The number of hydrogen-bond acceptors (Lipinski definition) is 10. The summed E-state index contributed by atoms with van der Waals surface area (Å²) in [6.07, 6.45) is 3.34. The summed E-state index contributed by atoms with van der Waals surface area (Å²) in [5, 5.41) is 13.1. The van der Waals surface area contributed by atoms with E-state index in [9.17, 15) is 31.2 Å². The third-order valence-electron chi connectivity index (χ3n) is 4.89.